The van der Waals surface area contributed by atoms with Crippen molar-refractivity contribution in [3.05, 3.63) is 47.2 Å². The average molecular weight is 418 g/mol. The molecule has 0 saturated carbocycles. The highest BCUT2D eigenvalue weighted by molar-refractivity contribution is 5.93. The predicted molar refractivity (Wildman–Crippen MR) is 101 cm³/mol. The van der Waals surface area contributed by atoms with Crippen molar-refractivity contribution >= 4 is 5.91 Å². The van der Waals surface area contributed by atoms with E-state index in [1.54, 1.807) is 7.05 Å². The lowest BCUT2D eigenvalue weighted by atomic mass is 10.0. The molecule has 0 saturated heterocycles. The van der Waals surface area contributed by atoms with E-state index in [4.69, 9.17) is 4.74 Å². The molecule has 2 aliphatic heterocycles. The van der Waals surface area contributed by atoms with Crippen LogP contribution < -0.4 is 10.6 Å². The van der Waals surface area contributed by atoms with Crippen molar-refractivity contribution < 1.29 is 27.1 Å². The van der Waals surface area contributed by atoms with E-state index in [1.807, 2.05) is 38.1 Å². The van der Waals surface area contributed by atoms with E-state index >= 15 is 0 Å². The number of nitrogens with zero attached hydrogens (tertiary/aromatic N) is 2. The zero-order chi connectivity index (χ0) is 21.8. The van der Waals surface area contributed by atoms with Crippen molar-refractivity contribution in [1.29, 1.82) is 0 Å². The lowest BCUT2D eigenvalue weighted by Gasteiger charge is -2.30. The molecule has 0 aromatic rings. The van der Waals surface area contributed by atoms with Crippen LogP contribution in [0.1, 0.15) is 6.92 Å². The minimum atomic E-state index is -4.22. The van der Waals surface area contributed by atoms with Gasteiger partial charge in [0.25, 0.3) is 5.91 Å². The van der Waals surface area contributed by atoms with E-state index in [0.29, 0.717) is 12.2 Å². The number of carbonyl (C=O) groups is 1. The highest BCUT2D eigenvalue weighted by atomic mass is 19.3. The first-order valence-corrected chi connectivity index (χ1v) is 9.07. The topological polar surface area (TPSA) is 56.8 Å². The Morgan fingerprint density at radius 2 is 1.97 bits per heavy atom. The molecule has 0 bridgehead atoms. The number of alkyl halides is 4. The number of allylic oxidation sites excluding steroid dienone is 2. The van der Waals surface area contributed by atoms with Gasteiger partial charge in [-0.05, 0) is 30.7 Å². The fourth-order valence-electron chi connectivity index (χ4n) is 2.85. The monoisotopic (exact) mass is 418 g/mol. The minimum absolute atomic E-state index is 0.0181. The van der Waals surface area contributed by atoms with E-state index in [0.717, 1.165) is 11.4 Å². The molecule has 1 unspecified atom stereocenters. The van der Waals surface area contributed by atoms with Gasteiger partial charge in [-0.15, -0.1) is 0 Å². The quantitative estimate of drug-likeness (QED) is 0.591. The van der Waals surface area contributed by atoms with Gasteiger partial charge in [0, 0.05) is 27.7 Å². The van der Waals surface area contributed by atoms with Crippen molar-refractivity contribution in [2.24, 2.45) is 0 Å². The average Bonchev–Trinajstić information content (AvgIpc) is 2.66. The SMILES string of the molecule is CNC1=CC(C(C)NC(=O)C2=CC=C(OCC(F)(F)C(F)F)CN2C)=CCN1C. The number of amides is 1. The first-order valence-electron chi connectivity index (χ1n) is 9.07. The van der Waals surface area contributed by atoms with Gasteiger partial charge in [0.2, 0.25) is 0 Å². The Bertz CT molecular complexity index is 746. The highest BCUT2D eigenvalue weighted by Gasteiger charge is 2.42. The van der Waals surface area contributed by atoms with Gasteiger partial charge in [-0.25, -0.2) is 8.78 Å². The minimum Gasteiger partial charge on any atom is -0.490 e. The fourth-order valence-corrected chi connectivity index (χ4v) is 2.85. The van der Waals surface area contributed by atoms with Crippen LogP contribution >= 0.6 is 0 Å². The molecule has 2 aliphatic rings. The lowest BCUT2D eigenvalue weighted by Crippen LogP contribution is -2.41. The molecule has 2 heterocycles. The third-order valence-corrected chi connectivity index (χ3v) is 4.65. The number of nitrogens with one attached hydrogen (secondary N) is 2. The summed E-state index contributed by atoms with van der Waals surface area (Å²) in [4.78, 5) is 16.1. The van der Waals surface area contributed by atoms with Gasteiger partial charge in [0.1, 0.15) is 17.3 Å². The third-order valence-electron chi connectivity index (χ3n) is 4.65. The number of hydrogen-bond donors (Lipinski definition) is 2. The van der Waals surface area contributed by atoms with Crippen molar-refractivity contribution in [2.45, 2.75) is 25.3 Å². The van der Waals surface area contributed by atoms with Gasteiger partial charge in [-0.2, -0.15) is 8.78 Å². The zero-order valence-corrected chi connectivity index (χ0v) is 16.8. The number of rotatable bonds is 8. The number of likely N-dealkylation sites (N-methyl/N-ethyl adjacent to an activating group) is 2. The molecule has 0 aliphatic carbocycles. The molecule has 29 heavy (non-hydrogen) atoms. The van der Waals surface area contributed by atoms with Crippen molar-refractivity contribution in [2.75, 3.05) is 40.8 Å². The van der Waals surface area contributed by atoms with Gasteiger partial charge in [-0.1, -0.05) is 6.08 Å². The molecule has 6 nitrogen and oxygen atoms in total. The molecule has 1 atom stereocenters. The molecule has 1 amide bonds. The largest absolute Gasteiger partial charge is 0.490 e. The second-order valence-electron chi connectivity index (χ2n) is 6.95. The maximum Gasteiger partial charge on any atom is 0.340 e. The van der Waals surface area contributed by atoms with Gasteiger partial charge in [0.05, 0.1) is 12.6 Å². The van der Waals surface area contributed by atoms with Crippen molar-refractivity contribution in [3.8, 4) is 0 Å². The van der Waals surface area contributed by atoms with Gasteiger partial charge < -0.3 is 25.2 Å². The highest BCUT2D eigenvalue weighted by Crippen LogP contribution is 2.25. The molecular weight excluding hydrogens is 392 g/mol. The fraction of sp³-hybridized carbons (Fsp3) is 0.526. The molecule has 0 aromatic carbocycles. The summed E-state index contributed by atoms with van der Waals surface area (Å²) in [7, 11) is 5.36. The Kier molecular flexibility index (Phi) is 7.21. The normalized spacial score (nSPS) is 18.5. The van der Waals surface area contributed by atoms with E-state index in [1.165, 1.54) is 17.1 Å². The van der Waals surface area contributed by atoms with E-state index in [-0.39, 0.29) is 24.3 Å². The van der Waals surface area contributed by atoms with Gasteiger partial charge >= 0.3 is 12.3 Å². The van der Waals surface area contributed by atoms with Crippen molar-refractivity contribution in [1.82, 2.24) is 20.4 Å². The van der Waals surface area contributed by atoms with Crippen LogP contribution in [0.5, 0.6) is 0 Å². The summed E-state index contributed by atoms with van der Waals surface area (Å²) in [5.41, 5.74) is 1.27. The Hall–Kier alpha value is -2.65. The smallest absolute Gasteiger partial charge is 0.340 e. The molecule has 0 fully saturated rings. The van der Waals surface area contributed by atoms with E-state index in [2.05, 4.69) is 10.6 Å². The van der Waals surface area contributed by atoms with Crippen LogP contribution in [-0.4, -0.2) is 74.9 Å². The van der Waals surface area contributed by atoms with Crippen LogP contribution in [-0.2, 0) is 9.53 Å². The number of halogens is 4. The molecule has 2 N–H and O–H groups in total. The van der Waals surface area contributed by atoms with Crippen LogP contribution in [0.3, 0.4) is 0 Å². The standard InChI is InChI=1S/C19H26F4N4O2/c1-12(13-7-8-26(3)16(9-13)24-2)25-17(28)15-6-5-14(10-27(15)4)29-11-19(22,23)18(20)21/h5-7,9,12,18,24H,8,10-11H2,1-4H3,(H,25,28). The van der Waals surface area contributed by atoms with Crippen LogP contribution in [0.25, 0.3) is 0 Å². The molecule has 2 rings (SSSR count). The summed E-state index contributed by atoms with van der Waals surface area (Å²) >= 11 is 0. The second kappa shape index (κ2) is 9.23. The summed E-state index contributed by atoms with van der Waals surface area (Å²) in [6.07, 6.45) is 2.92. The van der Waals surface area contributed by atoms with Gasteiger partial charge in [0.15, 0.2) is 6.61 Å². The Morgan fingerprint density at radius 1 is 1.28 bits per heavy atom. The lowest BCUT2D eigenvalue weighted by molar-refractivity contribution is -0.158. The summed E-state index contributed by atoms with van der Waals surface area (Å²) < 4.78 is 55.2. The maximum absolute atomic E-state index is 13.0. The number of carbonyl (C=O) groups excluding carboxylic acids is 1. The number of hydrogen-bond acceptors (Lipinski definition) is 5. The second-order valence-corrected chi connectivity index (χ2v) is 6.95. The Balaban J connectivity index is 1.99. The summed E-state index contributed by atoms with van der Waals surface area (Å²) in [6, 6.07) is -0.250. The number of ether oxygens (including phenoxy) is 1. The van der Waals surface area contributed by atoms with Gasteiger partial charge in [-0.3, -0.25) is 4.79 Å². The Morgan fingerprint density at radius 3 is 2.55 bits per heavy atom. The molecule has 0 radical (unpaired) electrons. The van der Waals surface area contributed by atoms with E-state index in [9.17, 15) is 22.4 Å². The predicted octanol–water partition coefficient (Wildman–Crippen LogP) is 2.05. The molecule has 0 aromatic heterocycles. The summed E-state index contributed by atoms with van der Waals surface area (Å²) in [5, 5.41) is 5.99. The van der Waals surface area contributed by atoms with E-state index < -0.39 is 19.0 Å². The van der Waals surface area contributed by atoms with Crippen LogP contribution in [0.4, 0.5) is 17.6 Å². The zero-order valence-electron chi connectivity index (χ0n) is 16.8. The molecule has 10 heteroatoms. The first kappa shape index (κ1) is 22.6. The summed E-state index contributed by atoms with van der Waals surface area (Å²) in [6.45, 7) is 1.17. The molecule has 162 valence electrons. The van der Waals surface area contributed by atoms with Crippen molar-refractivity contribution in [3.63, 3.8) is 0 Å². The van der Waals surface area contributed by atoms with Crippen LogP contribution in [0.2, 0.25) is 0 Å². The summed E-state index contributed by atoms with van der Waals surface area (Å²) in [5.74, 6) is -3.55. The van der Waals surface area contributed by atoms with Crippen LogP contribution in [0.15, 0.2) is 47.2 Å². The first-order chi connectivity index (χ1) is 13.5. The maximum atomic E-state index is 13.0. The Labute approximate surface area is 167 Å². The third kappa shape index (κ3) is 5.68. The molecule has 0 spiro atoms. The van der Waals surface area contributed by atoms with Crippen LogP contribution in [0, 0.1) is 0 Å². The molecular formula is C19H26F4N4O2.